The molecule has 0 aromatic heterocycles. The first-order valence-electron chi connectivity index (χ1n) is 7.31. The highest BCUT2D eigenvalue weighted by molar-refractivity contribution is 5.97. The van der Waals surface area contributed by atoms with E-state index in [9.17, 15) is 15.0 Å². The second kappa shape index (κ2) is 6.41. The average Bonchev–Trinajstić information content (AvgIpc) is 2.93. The highest BCUT2D eigenvalue weighted by Gasteiger charge is 2.42. The highest BCUT2D eigenvalue weighted by Crippen LogP contribution is 2.30. The number of aliphatic hydroxyl groups is 2. The van der Waals surface area contributed by atoms with Crippen molar-refractivity contribution < 1.29 is 15.0 Å². The molecule has 0 radical (unpaired) electrons. The number of benzene rings is 1. The predicted molar refractivity (Wildman–Crippen MR) is 82.7 cm³/mol. The minimum Gasteiger partial charge on any atom is -0.394 e. The van der Waals surface area contributed by atoms with Gasteiger partial charge in [-0.2, -0.15) is 0 Å². The van der Waals surface area contributed by atoms with Gasteiger partial charge in [-0.05, 0) is 38.3 Å². The van der Waals surface area contributed by atoms with Gasteiger partial charge in [0, 0.05) is 12.1 Å². The minimum atomic E-state index is -0.806. The molecule has 0 spiro atoms. The van der Waals surface area contributed by atoms with Crippen LogP contribution in [0.15, 0.2) is 29.8 Å². The fraction of sp³-hybridized carbons (Fsp3) is 0.471. The molecule has 1 fully saturated rings. The Bertz CT molecular complexity index is 529. The van der Waals surface area contributed by atoms with Crippen LogP contribution in [-0.2, 0) is 4.79 Å². The van der Waals surface area contributed by atoms with Gasteiger partial charge in [-0.3, -0.25) is 4.79 Å². The molecule has 2 rings (SSSR count). The number of amides is 1. The van der Waals surface area contributed by atoms with Crippen LogP contribution in [-0.4, -0.2) is 46.3 Å². The third kappa shape index (κ3) is 3.17. The van der Waals surface area contributed by atoms with Crippen molar-refractivity contribution in [2.24, 2.45) is 0 Å². The van der Waals surface area contributed by atoms with E-state index in [1.807, 2.05) is 37.3 Å². The summed E-state index contributed by atoms with van der Waals surface area (Å²) in [4.78, 5) is 14.2. The summed E-state index contributed by atoms with van der Waals surface area (Å²) in [5.74, 6) is -0.115. The molecule has 1 saturated heterocycles. The monoisotopic (exact) mass is 289 g/mol. The molecule has 0 aliphatic carbocycles. The Kier molecular flexibility index (Phi) is 4.80. The van der Waals surface area contributed by atoms with Crippen molar-refractivity contribution in [3.8, 4) is 0 Å². The van der Waals surface area contributed by atoms with E-state index in [1.165, 1.54) is 5.56 Å². The molecule has 4 heteroatoms. The first-order valence-corrected chi connectivity index (χ1v) is 7.31. The fourth-order valence-electron chi connectivity index (χ4n) is 2.82. The zero-order valence-electron chi connectivity index (χ0n) is 12.7. The Balaban J connectivity index is 2.20. The van der Waals surface area contributed by atoms with Gasteiger partial charge in [0.15, 0.2) is 0 Å². The molecule has 114 valence electrons. The van der Waals surface area contributed by atoms with Crippen molar-refractivity contribution >= 4 is 12.0 Å². The van der Waals surface area contributed by atoms with Crippen LogP contribution < -0.4 is 0 Å². The van der Waals surface area contributed by atoms with Gasteiger partial charge in [-0.15, -0.1) is 0 Å². The number of hydrogen-bond donors (Lipinski definition) is 2. The maximum Gasteiger partial charge on any atom is 0.250 e. The molecular formula is C17H23NO3. The predicted octanol–water partition coefficient (Wildman–Crippen LogP) is 1.74. The van der Waals surface area contributed by atoms with Crippen LogP contribution in [0.1, 0.15) is 30.9 Å². The third-order valence-corrected chi connectivity index (χ3v) is 4.23. The zero-order valence-corrected chi connectivity index (χ0v) is 12.7. The SMILES string of the molecule is C/C(=C\c1ccc(C)cc1)C(=O)N1CCCC1(CO)CO. The van der Waals surface area contributed by atoms with Crippen LogP contribution in [0.4, 0.5) is 0 Å². The van der Waals surface area contributed by atoms with E-state index < -0.39 is 5.54 Å². The average molecular weight is 289 g/mol. The number of aryl methyl sites for hydroxylation is 1. The van der Waals surface area contributed by atoms with Crippen LogP contribution in [0, 0.1) is 6.92 Å². The van der Waals surface area contributed by atoms with Crippen molar-refractivity contribution in [2.45, 2.75) is 32.2 Å². The van der Waals surface area contributed by atoms with Crippen LogP contribution in [0.2, 0.25) is 0 Å². The first-order chi connectivity index (χ1) is 10.0. The number of carbonyl (C=O) groups excluding carboxylic acids is 1. The Labute approximate surface area is 125 Å². The lowest BCUT2D eigenvalue weighted by Crippen LogP contribution is -2.52. The van der Waals surface area contributed by atoms with E-state index in [0.29, 0.717) is 18.5 Å². The summed E-state index contributed by atoms with van der Waals surface area (Å²) in [5, 5.41) is 19.1. The minimum absolute atomic E-state index is 0.115. The van der Waals surface area contributed by atoms with Crippen molar-refractivity contribution in [3.05, 3.63) is 41.0 Å². The normalized spacial score (nSPS) is 18.1. The van der Waals surface area contributed by atoms with E-state index in [4.69, 9.17) is 0 Å². The van der Waals surface area contributed by atoms with Crippen molar-refractivity contribution in [3.63, 3.8) is 0 Å². The Morgan fingerprint density at radius 1 is 1.29 bits per heavy atom. The largest absolute Gasteiger partial charge is 0.394 e. The fourth-order valence-corrected chi connectivity index (χ4v) is 2.82. The quantitative estimate of drug-likeness (QED) is 0.830. The molecule has 1 heterocycles. The standard InChI is InChI=1S/C17H23NO3/c1-13-4-6-15(7-5-13)10-14(2)16(21)18-9-3-8-17(18,11-19)12-20/h4-7,10,19-20H,3,8-9,11-12H2,1-2H3/b14-10+. The second-order valence-electron chi connectivity index (χ2n) is 5.84. The Morgan fingerprint density at radius 2 is 1.90 bits per heavy atom. The molecule has 0 saturated carbocycles. The lowest BCUT2D eigenvalue weighted by Gasteiger charge is -2.35. The number of hydrogen-bond acceptors (Lipinski definition) is 3. The second-order valence-corrected chi connectivity index (χ2v) is 5.84. The number of likely N-dealkylation sites (tertiary alicyclic amines) is 1. The van der Waals surface area contributed by atoms with E-state index in [1.54, 1.807) is 11.8 Å². The summed E-state index contributed by atoms with van der Waals surface area (Å²) in [6.45, 7) is 3.98. The van der Waals surface area contributed by atoms with Gasteiger partial charge in [0.05, 0.1) is 18.8 Å². The van der Waals surface area contributed by atoms with Gasteiger partial charge in [-0.25, -0.2) is 0 Å². The van der Waals surface area contributed by atoms with Gasteiger partial charge in [-0.1, -0.05) is 29.8 Å². The van der Waals surface area contributed by atoms with E-state index >= 15 is 0 Å². The molecule has 0 unspecified atom stereocenters. The molecule has 21 heavy (non-hydrogen) atoms. The molecular weight excluding hydrogens is 266 g/mol. The maximum atomic E-state index is 12.6. The molecule has 0 bridgehead atoms. The molecule has 2 N–H and O–H groups in total. The van der Waals surface area contributed by atoms with Gasteiger partial charge in [0.1, 0.15) is 0 Å². The summed E-state index contributed by atoms with van der Waals surface area (Å²) < 4.78 is 0. The number of nitrogens with zero attached hydrogens (tertiary/aromatic N) is 1. The van der Waals surface area contributed by atoms with Crippen LogP contribution in [0.25, 0.3) is 6.08 Å². The Hall–Kier alpha value is -1.65. The molecule has 1 amide bonds. The third-order valence-electron chi connectivity index (χ3n) is 4.23. The van der Waals surface area contributed by atoms with Gasteiger partial charge in [0.2, 0.25) is 5.91 Å². The van der Waals surface area contributed by atoms with E-state index in [0.717, 1.165) is 12.0 Å². The van der Waals surface area contributed by atoms with Crippen LogP contribution in [0.3, 0.4) is 0 Å². The van der Waals surface area contributed by atoms with E-state index in [-0.39, 0.29) is 19.1 Å². The molecule has 1 aromatic rings. The molecule has 1 aliphatic heterocycles. The summed E-state index contributed by atoms with van der Waals surface area (Å²) in [6.07, 6.45) is 3.30. The van der Waals surface area contributed by atoms with Crippen LogP contribution in [0.5, 0.6) is 0 Å². The number of rotatable bonds is 4. The van der Waals surface area contributed by atoms with Crippen LogP contribution >= 0.6 is 0 Å². The van der Waals surface area contributed by atoms with Crippen molar-refractivity contribution in [1.29, 1.82) is 0 Å². The molecule has 0 atom stereocenters. The first kappa shape index (κ1) is 15.7. The van der Waals surface area contributed by atoms with Gasteiger partial charge < -0.3 is 15.1 Å². The molecule has 1 aromatic carbocycles. The van der Waals surface area contributed by atoms with Crippen molar-refractivity contribution in [1.82, 2.24) is 4.90 Å². The van der Waals surface area contributed by atoms with Crippen molar-refractivity contribution in [2.75, 3.05) is 19.8 Å². The van der Waals surface area contributed by atoms with E-state index in [2.05, 4.69) is 0 Å². The summed E-state index contributed by atoms with van der Waals surface area (Å²) in [6, 6.07) is 7.96. The number of carbonyl (C=O) groups is 1. The van der Waals surface area contributed by atoms with Gasteiger partial charge in [0.25, 0.3) is 0 Å². The smallest absolute Gasteiger partial charge is 0.250 e. The highest BCUT2D eigenvalue weighted by atomic mass is 16.3. The summed E-state index contributed by atoms with van der Waals surface area (Å²) in [7, 11) is 0. The lowest BCUT2D eigenvalue weighted by atomic mass is 9.97. The topological polar surface area (TPSA) is 60.8 Å². The zero-order chi connectivity index (χ0) is 15.5. The van der Waals surface area contributed by atoms with Gasteiger partial charge >= 0.3 is 0 Å². The summed E-state index contributed by atoms with van der Waals surface area (Å²) >= 11 is 0. The number of aliphatic hydroxyl groups excluding tert-OH is 2. The Morgan fingerprint density at radius 3 is 2.48 bits per heavy atom. The molecule has 4 nitrogen and oxygen atoms in total. The molecule has 1 aliphatic rings. The lowest BCUT2D eigenvalue weighted by molar-refractivity contribution is -0.134. The summed E-state index contributed by atoms with van der Waals surface area (Å²) in [5.41, 5.74) is 1.96. The maximum absolute atomic E-state index is 12.6.